The number of benzene rings is 2. The van der Waals surface area contributed by atoms with Gasteiger partial charge in [0.2, 0.25) is 10.0 Å². The molecule has 0 spiro atoms. The van der Waals surface area contributed by atoms with Crippen LogP contribution in [0.25, 0.3) is 0 Å². The molecule has 1 N–H and O–H groups in total. The number of amides is 1. The first-order chi connectivity index (χ1) is 15.5. The summed E-state index contributed by atoms with van der Waals surface area (Å²) in [6, 6.07) is 7.86. The minimum atomic E-state index is -3.75. The SMILES string of the molecule is Cc1cc(C)c(NC(=O)C(C)OC(=O)c2cc(S(=O)(=O)N3CCCCC3)ccc2Cl)c(C)c1. The number of hydrogen-bond acceptors (Lipinski definition) is 5. The molecule has 1 amide bonds. The van der Waals surface area contributed by atoms with E-state index in [1.165, 1.54) is 29.4 Å². The Hall–Kier alpha value is -2.42. The fourth-order valence-electron chi connectivity index (χ4n) is 3.96. The molecule has 1 aliphatic heterocycles. The van der Waals surface area contributed by atoms with Gasteiger partial charge < -0.3 is 10.1 Å². The van der Waals surface area contributed by atoms with E-state index in [1.54, 1.807) is 0 Å². The van der Waals surface area contributed by atoms with Crippen LogP contribution >= 0.6 is 11.6 Å². The number of carbonyl (C=O) groups is 2. The van der Waals surface area contributed by atoms with E-state index in [0.29, 0.717) is 18.8 Å². The molecule has 1 atom stereocenters. The van der Waals surface area contributed by atoms with Gasteiger partial charge >= 0.3 is 5.97 Å². The predicted molar refractivity (Wildman–Crippen MR) is 128 cm³/mol. The second-order valence-electron chi connectivity index (χ2n) is 8.42. The van der Waals surface area contributed by atoms with Crippen LogP contribution in [0, 0.1) is 20.8 Å². The minimum Gasteiger partial charge on any atom is -0.449 e. The number of rotatable bonds is 6. The quantitative estimate of drug-likeness (QED) is 0.594. The summed E-state index contributed by atoms with van der Waals surface area (Å²) in [5.41, 5.74) is 3.45. The van der Waals surface area contributed by atoms with Crippen molar-refractivity contribution in [2.45, 2.75) is 58.0 Å². The summed E-state index contributed by atoms with van der Waals surface area (Å²) in [5.74, 6) is -1.36. The number of nitrogens with zero attached hydrogens (tertiary/aromatic N) is 1. The number of carbonyl (C=O) groups excluding carboxylic acids is 2. The Bertz CT molecular complexity index is 1150. The largest absolute Gasteiger partial charge is 0.449 e. The normalized spacial score (nSPS) is 15.7. The van der Waals surface area contributed by atoms with Gasteiger partial charge in [-0.2, -0.15) is 4.31 Å². The molecule has 1 saturated heterocycles. The van der Waals surface area contributed by atoms with Crippen molar-refractivity contribution < 1.29 is 22.7 Å². The Kier molecular flexibility index (Phi) is 7.82. The first kappa shape index (κ1) is 25.2. The van der Waals surface area contributed by atoms with Crippen LogP contribution in [0.2, 0.25) is 5.02 Å². The van der Waals surface area contributed by atoms with Crippen molar-refractivity contribution in [3.8, 4) is 0 Å². The predicted octanol–water partition coefficient (Wildman–Crippen LogP) is 4.62. The number of halogens is 1. The molecule has 1 aliphatic rings. The molecule has 178 valence electrons. The summed E-state index contributed by atoms with van der Waals surface area (Å²) in [6.07, 6.45) is 1.48. The number of esters is 1. The summed E-state index contributed by atoms with van der Waals surface area (Å²) in [7, 11) is -3.75. The van der Waals surface area contributed by atoms with E-state index in [2.05, 4.69) is 5.32 Å². The molecule has 3 rings (SSSR count). The first-order valence-corrected chi connectivity index (χ1v) is 12.7. The molecule has 2 aromatic rings. The van der Waals surface area contributed by atoms with Crippen molar-refractivity contribution in [1.29, 1.82) is 0 Å². The molecule has 0 radical (unpaired) electrons. The molecular formula is C24H29ClN2O5S. The molecule has 2 aromatic carbocycles. The van der Waals surface area contributed by atoms with E-state index in [0.717, 1.165) is 36.0 Å². The van der Waals surface area contributed by atoms with Crippen LogP contribution in [0.15, 0.2) is 35.2 Å². The zero-order valence-electron chi connectivity index (χ0n) is 19.3. The highest BCUT2D eigenvalue weighted by Crippen LogP contribution is 2.26. The van der Waals surface area contributed by atoms with Gasteiger partial charge in [-0.3, -0.25) is 4.79 Å². The van der Waals surface area contributed by atoms with Crippen molar-refractivity contribution in [1.82, 2.24) is 4.31 Å². The van der Waals surface area contributed by atoms with Gasteiger partial charge in [0.1, 0.15) is 0 Å². The standard InChI is InChI=1S/C24H29ClN2O5S/c1-15-12-16(2)22(17(3)13-15)26-23(28)18(4)32-24(29)20-14-19(8-9-21(20)25)33(30,31)27-10-6-5-7-11-27/h8-9,12-14,18H,5-7,10-11H2,1-4H3,(H,26,28). The molecule has 7 nitrogen and oxygen atoms in total. The highest BCUT2D eigenvalue weighted by atomic mass is 35.5. The average molecular weight is 493 g/mol. The minimum absolute atomic E-state index is 0.0243. The third-order valence-electron chi connectivity index (χ3n) is 5.69. The lowest BCUT2D eigenvalue weighted by atomic mass is 10.0. The highest BCUT2D eigenvalue weighted by molar-refractivity contribution is 7.89. The van der Waals surface area contributed by atoms with Crippen molar-refractivity contribution in [2.24, 2.45) is 0 Å². The van der Waals surface area contributed by atoms with E-state index >= 15 is 0 Å². The molecule has 1 heterocycles. The Morgan fingerprint density at radius 2 is 1.64 bits per heavy atom. The van der Waals surface area contributed by atoms with Gasteiger partial charge in [0.05, 0.1) is 15.5 Å². The number of aryl methyl sites for hydroxylation is 3. The second-order valence-corrected chi connectivity index (χ2v) is 10.8. The summed E-state index contributed by atoms with van der Waals surface area (Å²) in [4.78, 5) is 25.4. The van der Waals surface area contributed by atoms with Gasteiger partial charge in [0, 0.05) is 18.8 Å². The van der Waals surface area contributed by atoms with Crippen molar-refractivity contribution >= 4 is 39.2 Å². The summed E-state index contributed by atoms with van der Waals surface area (Å²) in [5, 5.41) is 2.86. The van der Waals surface area contributed by atoms with Crippen molar-refractivity contribution in [3.63, 3.8) is 0 Å². The second kappa shape index (κ2) is 10.2. The Morgan fingerprint density at radius 3 is 2.24 bits per heavy atom. The molecule has 33 heavy (non-hydrogen) atoms. The number of ether oxygens (including phenoxy) is 1. The molecule has 9 heteroatoms. The maximum Gasteiger partial charge on any atom is 0.340 e. The van der Waals surface area contributed by atoms with Crippen LogP contribution in [0.3, 0.4) is 0 Å². The fourth-order valence-corrected chi connectivity index (χ4v) is 5.69. The van der Waals surface area contributed by atoms with Crippen molar-refractivity contribution in [3.05, 3.63) is 57.6 Å². The van der Waals surface area contributed by atoms with Crippen LogP contribution in [0.1, 0.15) is 53.2 Å². The summed E-state index contributed by atoms with van der Waals surface area (Å²) < 4.78 is 32.7. The Morgan fingerprint density at radius 1 is 1.03 bits per heavy atom. The third-order valence-corrected chi connectivity index (χ3v) is 7.91. The lowest BCUT2D eigenvalue weighted by molar-refractivity contribution is -0.123. The number of piperidine rings is 1. The number of anilines is 1. The van der Waals surface area contributed by atoms with Crippen LogP contribution in [-0.2, 0) is 19.6 Å². The van der Waals surface area contributed by atoms with Crippen LogP contribution in [0.4, 0.5) is 5.69 Å². The van der Waals surface area contributed by atoms with Gasteiger partial charge in [-0.15, -0.1) is 0 Å². The maximum absolute atomic E-state index is 13.0. The molecule has 0 aromatic heterocycles. The van der Waals surface area contributed by atoms with E-state index in [9.17, 15) is 18.0 Å². The molecule has 0 bridgehead atoms. The highest BCUT2D eigenvalue weighted by Gasteiger charge is 2.28. The van der Waals surface area contributed by atoms with Gasteiger partial charge in [0.15, 0.2) is 6.10 Å². The summed E-state index contributed by atoms with van der Waals surface area (Å²) >= 11 is 6.17. The van der Waals surface area contributed by atoms with Crippen LogP contribution in [-0.4, -0.2) is 43.8 Å². The topological polar surface area (TPSA) is 92.8 Å². The van der Waals surface area contributed by atoms with Gasteiger partial charge in [0.25, 0.3) is 5.91 Å². The number of sulfonamides is 1. The van der Waals surface area contributed by atoms with Gasteiger partial charge in [-0.1, -0.05) is 35.7 Å². The van der Waals surface area contributed by atoms with E-state index in [-0.39, 0.29) is 15.5 Å². The van der Waals surface area contributed by atoms with E-state index in [1.807, 2.05) is 32.9 Å². The monoisotopic (exact) mass is 492 g/mol. The molecule has 1 fully saturated rings. The Labute approximate surface area is 200 Å². The van der Waals surface area contributed by atoms with Gasteiger partial charge in [-0.05, 0) is 69.9 Å². The zero-order chi connectivity index (χ0) is 24.3. The number of nitrogens with one attached hydrogen (secondary N) is 1. The zero-order valence-corrected chi connectivity index (χ0v) is 20.8. The fraction of sp³-hybridized carbons (Fsp3) is 0.417. The molecule has 0 aliphatic carbocycles. The Balaban J connectivity index is 1.76. The molecular weight excluding hydrogens is 464 g/mol. The number of hydrogen-bond donors (Lipinski definition) is 1. The molecule has 0 saturated carbocycles. The van der Waals surface area contributed by atoms with Crippen molar-refractivity contribution in [2.75, 3.05) is 18.4 Å². The van der Waals surface area contributed by atoms with Crippen LogP contribution in [0.5, 0.6) is 0 Å². The van der Waals surface area contributed by atoms with E-state index in [4.69, 9.17) is 16.3 Å². The third kappa shape index (κ3) is 5.75. The first-order valence-electron chi connectivity index (χ1n) is 10.9. The lowest BCUT2D eigenvalue weighted by Crippen LogP contribution is -2.35. The van der Waals surface area contributed by atoms with Gasteiger partial charge in [-0.25, -0.2) is 13.2 Å². The van der Waals surface area contributed by atoms with Crippen LogP contribution < -0.4 is 5.32 Å². The maximum atomic E-state index is 13.0. The smallest absolute Gasteiger partial charge is 0.340 e. The van der Waals surface area contributed by atoms with E-state index < -0.39 is 28.0 Å². The molecule has 1 unspecified atom stereocenters. The lowest BCUT2D eigenvalue weighted by Gasteiger charge is -2.26. The average Bonchev–Trinajstić information content (AvgIpc) is 2.76. The summed E-state index contributed by atoms with van der Waals surface area (Å²) in [6.45, 7) is 8.09.